The number of carbonyl (C=O) groups is 2. The molecule has 5 nitrogen and oxygen atoms in total. The van der Waals surface area contributed by atoms with E-state index in [0.717, 1.165) is 10.0 Å². The van der Waals surface area contributed by atoms with Crippen LogP contribution < -0.4 is 5.32 Å². The molecule has 1 aromatic rings. The van der Waals surface area contributed by atoms with Crippen LogP contribution in [-0.2, 0) is 4.79 Å². The summed E-state index contributed by atoms with van der Waals surface area (Å²) in [4.78, 5) is 22.0. The zero-order valence-electron chi connectivity index (χ0n) is 9.11. The first-order chi connectivity index (χ1) is 7.90. The van der Waals surface area contributed by atoms with Crippen LogP contribution in [0.3, 0.4) is 0 Å². The van der Waals surface area contributed by atoms with E-state index in [9.17, 15) is 9.59 Å². The molecule has 6 heteroatoms. The van der Waals surface area contributed by atoms with E-state index in [1.54, 1.807) is 12.1 Å². The standard InChI is InChI=1S/C11H12BrNO4/c1-6-2-7(4-8(12)3-6)10(15)13-5-9(14)11(16)17/h2-4,9,14H,5H2,1H3,(H,13,15)(H,16,17). The van der Waals surface area contributed by atoms with E-state index in [0.29, 0.717) is 5.56 Å². The third kappa shape index (κ3) is 4.16. The van der Waals surface area contributed by atoms with Crippen LogP contribution in [0.1, 0.15) is 15.9 Å². The molecule has 17 heavy (non-hydrogen) atoms. The minimum absolute atomic E-state index is 0.320. The number of carboxylic acid groups (broad SMARTS) is 1. The molecule has 1 unspecified atom stereocenters. The Morgan fingerprint density at radius 2 is 2.06 bits per heavy atom. The molecule has 0 aliphatic heterocycles. The molecule has 1 rings (SSSR count). The molecule has 0 aliphatic carbocycles. The maximum absolute atomic E-state index is 11.6. The highest BCUT2D eigenvalue weighted by Gasteiger charge is 2.15. The van der Waals surface area contributed by atoms with Crippen LogP contribution in [0.2, 0.25) is 0 Å². The van der Waals surface area contributed by atoms with E-state index in [1.807, 2.05) is 13.0 Å². The molecule has 0 saturated heterocycles. The fraction of sp³-hybridized carbons (Fsp3) is 0.273. The quantitative estimate of drug-likeness (QED) is 0.772. The number of amides is 1. The van der Waals surface area contributed by atoms with Gasteiger partial charge in [-0.05, 0) is 30.7 Å². The predicted octanol–water partition coefficient (Wildman–Crippen LogP) is 0.933. The van der Waals surface area contributed by atoms with Gasteiger partial charge in [-0.2, -0.15) is 0 Å². The minimum Gasteiger partial charge on any atom is -0.479 e. The van der Waals surface area contributed by atoms with E-state index < -0.39 is 18.0 Å². The molecule has 1 amide bonds. The highest BCUT2D eigenvalue weighted by Crippen LogP contribution is 2.15. The van der Waals surface area contributed by atoms with Gasteiger partial charge in [0.15, 0.2) is 6.10 Å². The summed E-state index contributed by atoms with van der Waals surface area (Å²) in [6, 6.07) is 5.14. The summed E-state index contributed by atoms with van der Waals surface area (Å²) in [7, 11) is 0. The van der Waals surface area contributed by atoms with Crippen LogP contribution in [0.25, 0.3) is 0 Å². The summed E-state index contributed by atoms with van der Waals surface area (Å²) >= 11 is 3.26. The van der Waals surface area contributed by atoms with Crippen molar-refractivity contribution < 1.29 is 19.8 Å². The SMILES string of the molecule is Cc1cc(Br)cc(C(=O)NCC(O)C(=O)O)c1. The number of aliphatic hydroxyl groups excluding tert-OH is 1. The average molecular weight is 302 g/mol. The van der Waals surface area contributed by atoms with Gasteiger partial charge in [-0.1, -0.05) is 15.9 Å². The normalized spacial score (nSPS) is 11.9. The molecule has 3 N–H and O–H groups in total. The number of hydrogen-bond acceptors (Lipinski definition) is 3. The number of aryl methyl sites for hydroxylation is 1. The minimum atomic E-state index is -1.59. The van der Waals surface area contributed by atoms with Gasteiger partial charge in [0, 0.05) is 10.0 Å². The molecule has 0 radical (unpaired) electrons. The number of hydrogen-bond donors (Lipinski definition) is 3. The molecular formula is C11H12BrNO4. The fourth-order valence-corrected chi connectivity index (χ4v) is 1.85. The number of halogens is 1. The summed E-state index contributed by atoms with van der Waals surface area (Å²) in [5.74, 6) is -1.79. The largest absolute Gasteiger partial charge is 0.479 e. The predicted molar refractivity (Wildman–Crippen MR) is 64.9 cm³/mol. The van der Waals surface area contributed by atoms with Crippen molar-refractivity contribution in [1.82, 2.24) is 5.32 Å². The topological polar surface area (TPSA) is 86.6 Å². The van der Waals surface area contributed by atoms with Gasteiger partial charge in [-0.15, -0.1) is 0 Å². The number of benzene rings is 1. The van der Waals surface area contributed by atoms with E-state index in [-0.39, 0.29) is 6.54 Å². The van der Waals surface area contributed by atoms with Gasteiger partial charge in [0.05, 0.1) is 6.54 Å². The van der Waals surface area contributed by atoms with Gasteiger partial charge in [-0.3, -0.25) is 4.79 Å². The highest BCUT2D eigenvalue weighted by molar-refractivity contribution is 9.10. The Morgan fingerprint density at radius 1 is 1.41 bits per heavy atom. The maximum atomic E-state index is 11.6. The summed E-state index contributed by atoms with van der Waals surface area (Å²) in [6.07, 6.45) is -1.59. The summed E-state index contributed by atoms with van der Waals surface area (Å²) in [5.41, 5.74) is 1.32. The van der Waals surface area contributed by atoms with Gasteiger partial charge in [-0.25, -0.2) is 4.79 Å². The Kier molecular flexibility index (Phi) is 4.65. The number of carbonyl (C=O) groups excluding carboxylic acids is 1. The first kappa shape index (κ1) is 13.7. The Hall–Kier alpha value is -1.40. The molecule has 0 fully saturated rings. The Balaban J connectivity index is 2.67. The maximum Gasteiger partial charge on any atom is 0.334 e. The van der Waals surface area contributed by atoms with Crippen LogP contribution in [0.4, 0.5) is 0 Å². The molecule has 0 bridgehead atoms. The average Bonchev–Trinajstić information content (AvgIpc) is 2.23. The van der Waals surface area contributed by atoms with Gasteiger partial charge in [0.1, 0.15) is 0 Å². The van der Waals surface area contributed by atoms with Crippen LogP contribution in [0.5, 0.6) is 0 Å². The highest BCUT2D eigenvalue weighted by atomic mass is 79.9. The summed E-state index contributed by atoms with van der Waals surface area (Å²) in [6.45, 7) is 1.52. The molecule has 0 spiro atoms. The molecule has 0 heterocycles. The van der Waals surface area contributed by atoms with Crippen LogP contribution in [-0.4, -0.2) is 34.7 Å². The molecule has 0 aromatic heterocycles. The van der Waals surface area contributed by atoms with Crippen molar-refractivity contribution in [3.05, 3.63) is 33.8 Å². The summed E-state index contributed by atoms with van der Waals surface area (Å²) in [5, 5.41) is 19.8. The third-order valence-corrected chi connectivity index (χ3v) is 2.50. The second-order valence-electron chi connectivity index (χ2n) is 3.58. The lowest BCUT2D eigenvalue weighted by Gasteiger charge is -2.08. The van der Waals surface area contributed by atoms with Crippen molar-refractivity contribution in [2.24, 2.45) is 0 Å². The van der Waals surface area contributed by atoms with Gasteiger partial charge in [0.25, 0.3) is 5.91 Å². The molecule has 0 aliphatic rings. The van der Waals surface area contributed by atoms with Crippen LogP contribution in [0.15, 0.2) is 22.7 Å². The second kappa shape index (κ2) is 5.79. The van der Waals surface area contributed by atoms with Crippen molar-refractivity contribution in [2.75, 3.05) is 6.54 Å². The Bertz CT molecular complexity index is 427. The lowest BCUT2D eigenvalue weighted by Crippen LogP contribution is -2.36. The number of rotatable bonds is 4. The fourth-order valence-electron chi connectivity index (χ4n) is 1.25. The second-order valence-corrected chi connectivity index (χ2v) is 4.50. The number of nitrogens with one attached hydrogen (secondary N) is 1. The van der Waals surface area contributed by atoms with Gasteiger partial charge in [0.2, 0.25) is 0 Å². The first-order valence-electron chi connectivity index (χ1n) is 4.86. The van der Waals surface area contributed by atoms with Crippen molar-refractivity contribution in [1.29, 1.82) is 0 Å². The van der Waals surface area contributed by atoms with Crippen LogP contribution in [0, 0.1) is 6.92 Å². The Morgan fingerprint density at radius 3 is 2.59 bits per heavy atom. The zero-order chi connectivity index (χ0) is 13.0. The van der Waals surface area contributed by atoms with E-state index in [1.165, 1.54) is 0 Å². The smallest absolute Gasteiger partial charge is 0.334 e. The van der Waals surface area contributed by atoms with Crippen molar-refractivity contribution in [3.63, 3.8) is 0 Å². The van der Waals surface area contributed by atoms with Gasteiger partial charge < -0.3 is 15.5 Å². The molecule has 92 valence electrons. The monoisotopic (exact) mass is 301 g/mol. The van der Waals surface area contributed by atoms with Crippen molar-refractivity contribution in [3.8, 4) is 0 Å². The third-order valence-electron chi connectivity index (χ3n) is 2.05. The lowest BCUT2D eigenvalue weighted by atomic mass is 10.1. The number of aliphatic hydroxyl groups is 1. The van der Waals surface area contributed by atoms with E-state index >= 15 is 0 Å². The number of aliphatic carboxylic acids is 1. The first-order valence-corrected chi connectivity index (χ1v) is 5.65. The molecule has 0 saturated carbocycles. The lowest BCUT2D eigenvalue weighted by molar-refractivity contribution is -0.146. The van der Waals surface area contributed by atoms with Crippen molar-refractivity contribution in [2.45, 2.75) is 13.0 Å². The Labute approximate surface area is 107 Å². The van der Waals surface area contributed by atoms with E-state index in [2.05, 4.69) is 21.2 Å². The van der Waals surface area contributed by atoms with E-state index in [4.69, 9.17) is 10.2 Å². The number of carboxylic acids is 1. The zero-order valence-corrected chi connectivity index (χ0v) is 10.7. The molecule has 1 aromatic carbocycles. The molecular weight excluding hydrogens is 290 g/mol. The molecule has 1 atom stereocenters. The van der Waals surface area contributed by atoms with Crippen molar-refractivity contribution >= 4 is 27.8 Å². The van der Waals surface area contributed by atoms with Gasteiger partial charge >= 0.3 is 5.97 Å². The summed E-state index contributed by atoms with van der Waals surface area (Å²) < 4.78 is 0.765. The van der Waals surface area contributed by atoms with Crippen LogP contribution >= 0.6 is 15.9 Å².